The Morgan fingerprint density at radius 3 is 1.51 bits per heavy atom. The Morgan fingerprint density at radius 2 is 1.06 bits per heavy atom. The van der Waals surface area contributed by atoms with Crippen LogP contribution in [0.3, 0.4) is 0 Å². The Balaban J connectivity index is 1.07. The van der Waals surface area contributed by atoms with E-state index in [9.17, 15) is 49.8 Å². The molecule has 2 aromatic rings. The second kappa shape index (κ2) is 19.5. The number of rotatable bonds is 17. The molecule has 2 unspecified atom stereocenters. The SMILES string of the molecule is COC(=O)C[C@](O)(CCC(C)(C)O)C(=O)O[C@@]1(O)C(OC)=C[C@]23CC(C4CC[C@]56C=C(OC)[C@](O)(OC(=O)[C@@](O)(CCC(C)(C)O)CC(=O)OC)[C@H]5c5cc7c(cc5CCN46)OCO7)C(=O)N2CCc2cc4c(cc2[C@H]13)OCO4. The molecule has 2 aromatic carbocycles. The zero-order valence-corrected chi connectivity index (χ0v) is 45.6. The maximum Gasteiger partial charge on any atom is 0.341 e. The third kappa shape index (κ3) is 9.22. The van der Waals surface area contributed by atoms with Crippen molar-refractivity contribution in [1.29, 1.82) is 0 Å². The number of hydrogen-bond donors (Lipinski definition) is 6. The molecule has 6 heterocycles. The third-order valence-electron chi connectivity index (χ3n) is 17.6. The van der Waals surface area contributed by atoms with Crippen LogP contribution < -0.4 is 18.9 Å². The third-order valence-corrected chi connectivity index (χ3v) is 17.6. The highest BCUT2D eigenvalue weighted by Crippen LogP contribution is 2.65. The number of amides is 1. The molecule has 2 spiro atoms. The maximum absolute atomic E-state index is 15.8. The minimum absolute atomic E-state index is 0.0189. The zero-order valence-electron chi connectivity index (χ0n) is 45.6. The van der Waals surface area contributed by atoms with E-state index >= 15 is 4.79 Å². The van der Waals surface area contributed by atoms with Gasteiger partial charge in [0.05, 0.1) is 81.3 Å². The van der Waals surface area contributed by atoms with Gasteiger partial charge in [0.25, 0.3) is 11.6 Å². The van der Waals surface area contributed by atoms with Crippen molar-refractivity contribution in [3.63, 3.8) is 0 Å². The number of ether oxygens (including phenoxy) is 10. The number of nitrogens with zero attached hydrogens (tertiary/aromatic N) is 2. The molecule has 2 fully saturated rings. The Bertz CT molecular complexity index is 2910. The van der Waals surface area contributed by atoms with Crippen molar-refractivity contribution in [3.8, 4) is 23.0 Å². The van der Waals surface area contributed by atoms with Gasteiger partial charge >= 0.3 is 23.9 Å². The summed E-state index contributed by atoms with van der Waals surface area (Å²) in [6, 6.07) is 6.27. The fraction of sp³-hybridized carbons (Fsp3) is 0.625. The molecule has 8 aliphatic rings. The number of aliphatic hydroxyl groups is 6. The molecule has 2 saturated heterocycles. The Labute approximate surface area is 455 Å². The predicted molar refractivity (Wildman–Crippen MR) is 270 cm³/mol. The van der Waals surface area contributed by atoms with Gasteiger partial charge in [0, 0.05) is 19.1 Å². The van der Waals surface area contributed by atoms with E-state index in [2.05, 4.69) is 4.90 Å². The van der Waals surface area contributed by atoms with E-state index in [1.807, 2.05) is 0 Å². The topological polar surface area (TPSA) is 306 Å². The summed E-state index contributed by atoms with van der Waals surface area (Å²) in [7, 11) is 4.73. The normalized spacial score (nSPS) is 30.6. The van der Waals surface area contributed by atoms with E-state index in [-0.39, 0.29) is 76.2 Å². The average molecular weight is 1110 g/mol. The molecule has 0 saturated carbocycles. The van der Waals surface area contributed by atoms with Gasteiger partial charge in [0.2, 0.25) is 19.5 Å². The highest BCUT2D eigenvalue weighted by molar-refractivity contribution is 5.88. The van der Waals surface area contributed by atoms with Crippen molar-refractivity contribution >= 4 is 29.8 Å². The number of carbonyl (C=O) groups is 5. The van der Waals surface area contributed by atoms with Gasteiger partial charge in [0.1, 0.15) is 0 Å². The summed E-state index contributed by atoms with van der Waals surface area (Å²) < 4.78 is 57.2. The van der Waals surface area contributed by atoms with Crippen LogP contribution in [0.2, 0.25) is 0 Å². The molecule has 0 radical (unpaired) electrons. The monoisotopic (exact) mass is 1110 g/mol. The van der Waals surface area contributed by atoms with Crippen molar-refractivity contribution in [3.05, 3.63) is 70.2 Å². The molecule has 10 rings (SSSR count). The molecular formula is C56H70N2O21. The number of esters is 4. The minimum Gasteiger partial charge on any atom is -0.494 e. The Hall–Kier alpha value is -6.21. The first-order valence-electron chi connectivity index (χ1n) is 26.5. The molecule has 10 atom stereocenters. The summed E-state index contributed by atoms with van der Waals surface area (Å²) in [4.78, 5) is 74.6. The lowest BCUT2D eigenvalue weighted by Gasteiger charge is -2.45. The van der Waals surface area contributed by atoms with Crippen molar-refractivity contribution < 1.29 is 102 Å². The zero-order chi connectivity index (χ0) is 57.0. The van der Waals surface area contributed by atoms with Crippen LogP contribution >= 0.6 is 0 Å². The van der Waals surface area contributed by atoms with Crippen LogP contribution in [0.4, 0.5) is 0 Å². The molecule has 1 amide bonds. The Morgan fingerprint density at radius 1 is 0.633 bits per heavy atom. The number of methoxy groups -OCH3 is 4. The molecular weight excluding hydrogens is 1040 g/mol. The highest BCUT2D eigenvalue weighted by atomic mass is 16.7. The van der Waals surface area contributed by atoms with E-state index in [1.165, 1.54) is 41.9 Å². The van der Waals surface area contributed by atoms with Crippen LogP contribution in [-0.4, -0.2) is 176 Å². The molecule has 0 aromatic heterocycles. The quantitative estimate of drug-likeness (QED) is 0.0751. The molecule has 23 nitrogen and oxygen atoms in total. The standard InChI is InChI=1S/C56H70N2O21/c1-49(2,64)13-15-53(66,26-42(59)72-7)47(62)78-55(68)40(70-5)24-51-12-9-35(57(51)17-10-30-19-36-38(76-28-74-36)21-32(30)44(51)55)34-23-52-25-41(71-6)56(69,79-48(63)54(67,27-43(60)73-8)16-14-50(3,4)65)45(52)33-22-39-37(75-29-77-39)20-31(33)11-18-58(52)46(34)61/h19-22,24-25,34-35,44-45,64-69H,9-18,23,26-29H2,1-8H3/t34?,35?,44-,45-,51-,52-,53+,54+,55-,56-/m0/s1. The van der Waals surface area contributed by atoms with Gasteiger partial charge in [-0.1, -0.05) is 0 Å². The van der Waals surface area contributed by atoms with Crippen molar-refractivity contribution in [2.75, 3.05) is 55.1 Å². The van der Waals surface area contributed by atoms with Gasteiger partial charge in [-0.2, -0.15) is 0 Å². The second-order valence-corrected chi connectivity index (χ2v) is 23.5. The van der Waals surface area contributed by atoms with Crippen LogP contribution in [0, 0.1) is 5.92 Å². The minimum atomic E-state index is -2.77. The molecule has 6 N–H and O–H groups in total. The van der Waals surface area contributed by atoms with E-state index in [0.717, 1.165) is 14.2 Å². The number of carbonyl (C=O) groups excluding carboxylic acids is 5. The van der Waals surface area contributed by atoms with E-state index in [4.69, 9.17) is 47.4 Å². The van der Waals surface area contributed by atoms with Gasteiger partial charge in [-0.05, 0) is 144 Å². The number of fused-ring (bicyclic) bond motifs is 6. The smallest absolute Gasteiger partial charge is 0.341 e. The van der Waals surface area contributed by atoms with Crippen molar-refractivity contribution in [2.45, 2.75) is 161 Å². The summed E-state index contributed by atoms with van der Waals surface area (Å²) in [5.74, 6) is -13.0. The lowest BCUT2D eigenvalue weighted by molar-refractivity contribution is -0.234. The van der Waals surface area contributed by atoms with Gasteiger partial charge in [0.15, 0.2) is 45.7 Å². The first-order chi connectivity index (χ1) is 37.1. The van der Waals surface area contributed by atoms with Gasteiger partial charge in [-0.15, -0.1) is 0 Å². The van der Waals surface area contributed by atoms with Gasteiger partial charge in [-0.3, -0.25) is 19.3 Å². The molecule has 6 aliphatic heterocycles. The van der Waals surface area contributed by atoms with Crippen LogP contribution in [0.25, 0.3) is 0 Å². The summed E-state index contributed by atoms with van der Waals surface area (Å²) in [6.45, 7) is 6.05. The van der Waals surface area contributed by atoms with Crippen LogP contribution in [-0.2, 0) is 65.2 Å². The molecule has 79 heavy (non-hydrogen) atoms. The summed E-state index contributed by atoms with van der Waals surface area (Å²) in [5.41, 5.74) is -8.65. The van der Waals surface area contributed by atoms with E-state index in [1.54, 1.807) is 41.3 Å². The molecule has 23 heteroatoms. The van der Waals surface area contributed by atoms with E-state index < -0.39 is 118 Å². The Kier molecular flexibility index (Phi) is 13.8. The first kappa shape index (κ1) is 56.1. The van der Waals surface area contributed by atoms with Gasteiger partial charge in [-0.25, -0.2) is 9.59 Å². The first-order valence-corrected chi connectivity index (χ1v) is 26.5. The highest BCUT2D eigenvalue weighted by Gasteiger charge is 2.73. The largest absolute Gasteiger partial charge is 0.494 e. The molecule has 0 bridgehead atoms. The maximum atomic E-state index is 15.8. The van der Waals surface area contributed by atoms with Crippen LogP contribution in [0.15, 0.2) is 47.9 Å². The molecule has 2 aliphatic carbocycles. The lowest BCUT2D eigenvalue weighted by Crippen LogP contribution is -2.57. The van der Waals surface area contributed by atoms with Crippen LogP contribution in [0.5, 0.6) is 23.0 Å². The summed E-state index contributed by atoms with van der Waals surface area (Å²) in [6.07, 6.45) is 1.30. The van der Waals surface area contributed by atoms with Crippen LogP contribution in [0.1, 0.15) is 120 Å². The predicted octanol–water partition coefficient (Wildman–Crippen LogP) is 2.16. The number of benzene rings is 2. The molecule has 430 valence electrons. The fourth-order valence-corrected chi connectivity index (χ4v) is 13.7. The number of hydrogen-bond acceptors (Lipinski definition) is 22. The fourth-order valence-electron chi connectivity index (χ4n) is 13.7. The average Bonchev–Trinajstić information content (AvgIpc) is 2.68. The summed E-state index contributed by atoms with van der Waals surface area (Å²) in [5, 5.41) is 72.3. The van der Waals surface area contributed by atoms with Crippen molar-refractivity contribution in [2.24, 2.45) is 5.92 Å². The summed E-state index contributed by atoms with van der Waals surface area (Å²) >= 11 is 0. The van der Waals surface area contributed by atoms with Gasteiger partial charge < -0.3 is 82.9 Å². The second-order valence-electron chi connectivity index (χ2n) is 23.5. The van der Waals surface area contributed by atoms with Crippen molar-refractivity contribution in [1.82, 2.24) is 9.80 Å². The van der Waals surface area contributed by atoms with E-state index in [0.29, 0.717) is 58.1 Å². The lowest BCUT2D eigenvalue weighted by atomic mass is 9.74.